The SMILES string of the molecule is CC1(C)CCCC(NCc2cc(Br)ccc2[N+](=O)[O-])C1. The number of halogens is 1. The topological polar surface area (TPSA) is 55.2 Å². The molecule has 1 unspecified atom stereocenters. The molecule has 110 valence electrons. The fourth-order valence-corrected chi connectivity index (χ4v) is 3.41. The van der Waals surface area contributed by atoms with Gasteiger partial charge >= 0.3 is 0 Å². The highest BCUT2D eigenvalue weighted by molar-refractivity contribution is 9.10. The third-order valence-electron chi connectivity index (χ3n) is 4.02. The monoisotopic (exact) mass is 340 g/mol. The number of nitrogens with one attached hydrogen (secondary N) is 1. The Kier molecular flexibility index (Phi) is 4.81. The zero-order valence-electron chi connectivity index (χ0n) is 12.0. The lowest BCUT2D eigenvalue weighted by molar-refractivity contribution is -0.385. The van der Waals surface area contributed by atoms with Gasteiger partial charge in [-0.05, 0) is 36.8 Å². The summed E-state index contributed by atoms with van der Waals surface area (Å²) in [7, 11) is 0. The first-order valence-electron chi connectivity index (χ1n) is 7.04. The molecule has 1 aliphatic rings. The van der Waals surface area contributed by atoms with Crippen molar-refractivity contribution in [1.29, 1.82) is 0 Å². The van der Waals surface area contributed by atoms with E-state index in [-0.39, 0.29) is 10.6 Å². The van der Waals surface area contributed by atoms with Crippen LogP contribution in [0.2, 0.25) is 0 Å². The summed E-state index contributed by atoms with van der Waals surface area (Å²) in [4.78, 5) is 10.7. The van der Waals surface area contributed by atoms with Gasteiger partial charge in [0.2, 0.25) is 0 Å². The minimum atomic E-state index is -0.311. The van der Waals surface area contributed by atoms with Crippen LogP contribution in [0.5, 0.6) is 0 Å². The third kappa shape index (κ3) is 4.03. The van der Waals surface area contributed by atoms with Crippen LogP contribution in [0.25, 0.3) is 0 Å². The van der Waals surface area contributed by atoms with Gasteiger partial charge in [-0.25, -0.2) is 0 Å². The van der Waals surface area contributed by atoms with Gasteiger partial charge in [0.25, 0.3) is 5.69 Å². The number of benzene rings is 1. The zero-order valence-corrected chi connectivity index (χ0v) is 13.6. The van der Waals surface area contributed by atoms with Crippen molar-refractivity contribution in [1.82, 2.24) is 5.32 Å². The molecule has 0 aromatic heterocycles. The van der Waals surface area contributed by atoms with Crippen molar-refractivity contribution in [3.63, 3.8) is 0 Å². The quantitative estimate of drug-likeness (QED) is 0.652. The van der Waals surface area contributed by atoms with Gasteiger partial charge in [0.1, 0.15) is 0 Å². The lowest BCUT2D eigenvalue weighted by Crippen LogP contribution is -2.36. The highest BCUT2D eigenvalue weighted by atomic mass is 79.9. The Balaban J connectivity index is 2.03. The number of nitro benzene ring substituents is 1. The molecule has 0 bridgehead atoms. The average molecular weight is 341 g/mol. The molecule has 0 spiro atoms. The molecule has 20 heavy (non-hydrogen) atoms. The van der Waals surface area contributed by atoms with Gasteiger partial charge in [-0.1, -0.05) is 36.2 Å². The Hall–Kier alpha value is -0.940. The molecule has 4 nitrogen and oxygen atoms in total. The Bertz CT molecular complexity index is 503. The highest BCUT2D eigenvalue weighted by Crippen LogP contribution is 2.35. The summed E-state index contributed by atoms with van der Waals surface area (Å²) in [5, 5.41) is 14.5. The molecule has 1 aromatic carbocycles. The van der Waals surface area contributed by atoms with E-state index in [4.69, 9.17) is 0 Å². The molecule has 2 rings (SSSR count). The van der Waals surface area contributed by atoms with Gasteiger partial charge in [0.05, 0.1) is 4.92 Å². The van der Waals surface area contributed by atoms with Crippen LogP contribution < -0.4 is 5.32 Å². The molecule has 1 N–H and O–H groups in total. The van der Waals surface area contributed by atoms with Crippen LogP contribution in [0.3, 0.4) is 0 Å². The maximum atomic E-state index is 11.0. The van der Waals surface area contributed by atoms with Crippen molar-refractivity contribution in [2.75, 3.05) is 0 Å². The maximum absolute atomic E-state index is 11.0. The van der Waals surface area contributed by atoms with Crippen molar-refractivity contribution in [2.24, 2.45) is 5.41 Å². The maximum Gasteiger partial charge on any atom is 0.273 e. The molecule has 0 amide bonds. The van der Waals surface area contributed by atoms with E-state index in [2.05, 4.69) is 35.1 Å². The number of hydrogen-bond donors (Lipinski definition) is 1. The molecule has 1 saturated carbocycles. The van der Waals surface area contributed by atoms with Crippen molar-refractivity contribution in [2.45, 2.75) is 52.1 Å². The van der Waals surface area contributed by atoms with E-state index in [9.17, 15) is 10.1 Å². The summed E-state index contributed by atoms with van der Waals surface area (Å²) in [6.07, 6.45) is 4.79. The van der Waals surface area contributed by atoms with Crippen LogP contribution in [0.1, 0.15) is 45.1 Å². The number of nitro groups is 1. The number of nitrogens with zero attached hydrogens (tertiary/aromatic N) is 1. The molecule has 1 fully saturated rings. The molecule has 0 saturated heterocycles. The number of hydrogen-bond acceptors (Lipinski definition) is 3. The summed E-state index contributed by atoms with van der Waals surface area (Å²) in [5.41, 5.74) is 1.31. The van der Waals surface area contributed by atoms with Crippen LogP contribution >= 0.6 is 15.9 Å². The summed E-state index contributed by atoms with van der Waals surface area (Å²) >= 11 is 3.38. The first-order valence-corrected chi connectivity index (χ1v) is 7.83. The van der Waals surface area contributed by atoms with Gasteiger partial charge < -0.3 is 5.32 Å². The molecule has 0 aliphatic heterocycles. The van der Waals surface area contributed by atoms with Crippen LogP contribution in [0.15, 0.2) is 22.7 Å². The van der Waals surface area contributed by atoms with E-state index in [0.29, 0.717) is 18.0 Å². The van der Waals surface area contributed by atoms with Gasteiger partial charge in [-0.15, -0.1) is 0 Å². The Morgan fingerprint density at radius 2 is 2.25 bits per heavy atom. The Morgan fingerprint density at radius 1 is 1.50 bits per heavy atom. The van der Waals surface area contributed by atoms with Gasteiger partial charge in [-0.2, -0.15) is 0 Å². The van der Waals surface area contributed by atoms with E-state index in [1.807, 2.05) is 6.07 Å². The lowest BCUT2D eigenvalue weighted by atomic mass is 9.75. The third-order valence-corrected chi connectivity index (χ3v) is 4.52. The minimum absolute atomic E-state index is 0.191. The van der Waals surface area contributed by atoms with Crippen molar-refractivity contribution < 1.29 is 4.92 Å². The Labute approximate surface area is 128 Å². The predicted octanol–water partition coefficient (Wildman–Crippen LogP) is 4.42. The molecule has 0 heterocycles. The molecule has 0 radical (unpaired) electrons. The van der Waals surface area contributed by atoms with Crippen LogP contribution in [0.4, 0.5) is 5.69 Å². The smallest absolute Gasteiger partial charge is 0.273 e. The minimum Gasteiger partial charge on any atom is -0.310 e. The van der Waals surface area contributed by atoms with Crippen LogP contribution in [0, 0.1) is 15.5 Å². The Morgan fingerprint density at radius 3 is 2.90 bits per heavy atom. The molecule has 1 atom stereocenters. The van der Waals surface area contributed by atoms with Gasteiger partial charge in [0.15, 0.2) is 0 Å². The summed E-state index contributed by atoms with van der Waals surface area (Å²) in [6.45, 7) is 5.14. The van der Waals surface area contributed by atoms with Crippen molar-refractivity contribution in [3.05, 3.63) is 38.3 Å². The average Bonchev–Trinajstić information content (AvgIpc) is 2.35. The van der Waals surface area contributed by atoms with Crippen LogP contribution in [-0.4, -0.2) is 11.0 Å². The predicted molar refractivity (Wildman–Crippen MR) is 83.7 cm³/mol. The first kappa shape index (κ1) is 15.4. The summed E-state index contributed by atoms with van der Waals surface area (Å²) in [6, 6.07) is 5.56. The molecule has 1 aromatic rings. The first-order chi connectivity index (χ1) is 9.37. The molecular formula is C15H21BrN2O2. The second-order valence-electron chi connectivity index (χ2n) is 6.37. The molecular weight excluding hydrogens is 320 g/mol. The van der Waals surface area contributed by atoms with Crippen LogP contribution in [-0.2, 0) is 6.54 Å². The normalized spacial score (nSPS) is 21.6. The summed E-state index contributed by atoms with van der Waals surface area (Å²) in [5.74, 6) is 0. The van der Waals surface area contributed by atoms with E-state index >= 15 is 0 Å². The second-order valence-corrected chi connectivity index (χ2v) is 7.28. The van der Waals surface area contributed by atoms with E-state index in [0.717, 1.165) is 22.9 Å². The van der Waals surface area contributed by atoms with Gasteiger partial charge in [-0.3, -0.25) is 10.1 Å². The van der Waals surface area contributed by atoms with E-state index < -0.39 is 0 Å². The standard InChI is InChI=1S/C15H21BrN2O2/c1-15(2)7-3-4-13(9-15)17-10-11-8-12(16)5-6-14(11)18(19)20/h5-6,8,13,17H,3-4,7,9-10H2,1-2H3. The lowest BCUT2D eigenvalue weighted by Gasteiger charge is -2.35. The fourth-order valence-electron chi connectivity index (χ4n) is 3.00. The molecule has 5 heteroatoms. The van der Waals surface area contributed by atoms with Crippen molar-refractivity contribution in [3.8, 4) is 0 Å². The van der Waals surface area contributed by atoms with E-state index in [1.165, 1.54) is 12.8 Å². The largest absolute Gasteiger partial charge is 0.310 e. The molecule has 1 aliphatic carbocycles. The fraction of sp³-hybridized carbons (Fsp3) is 0.600. The zero-order chi connectivity index (χ0) is 14.8. The highest BCUT2D eigenvalue weighted by Gasteiger charge is 2.27. The van der Waals surface area contributed by atoms with E-state index in [1.54, 1.807) is 12.1 Å². The van der Waals surface area contributed by atoms with Gasteiger partial charge in [0, 0.05) is 28.7 Å². The van der Waals surface area contributed by atoms with Crippen molar-refractivity contribution >= 4 is 21.6 Å². The number of rotatable bonds is 4. The summed E-state index contributed by atoms with van der Waals surface area (Å²) < 4.78 is 0.879. The second kappa shape index (κ2) is 6.22.